The lowest BCUT2D eigenvalue weighted by atomic mass is 10.2. The van der Waals surface area contributed by atoms with Gasteiger partial charge in [-0.2, -0.15) is 0 Å². The summed E-state index contributed by atoms with van der Waals surface area (Å²) in [5.74, 6) is 0.656. The fraction of sp³-hybridized carbons (Fsp3) is 0.154. The van der Waals surface area contributed by atoms with Gasteiger partial charge in [-0.05, 0) is 54.4 Å². The first kappa shape index (κ1) is 21.1. The Hall–Kier alpha value is -3.77. The first-order valence-corrected chi connectivity index (χ1v) is 10.9. The molecule has 3 aromatic carbocycles. The van der Waals surface area contributed by atoms with Gasteiger partial charge < -0.3 is 9.30 Å². The van der Waals surface area contributed by atoms with Gasteiger partial charge in [0.25, 0.3) is 5.56 Å². The molecule has 6 nitrogen and oxygen atoms in total. The molecule has 0 radical (unpaired) electrons. The fourth-order valence-electron chi connectivity index (χ4n) is 4.40. The summed E-state index contributed by atoms with van der Waals surface area (Å²) in [7, 11) is 3.44. The average Bonchev–Trinajstić information content (AvgIpc) is 3.11. The normalized spacial score (nSPS) is 11.4. The second kappa shape index (κ2) is 7.98. The minimum atomic E-state index is -0.396. The van der Waals surface area contributed by atoms with Gasteiger partial charge in [-0.1, -0.05) is 41.9 Å². The van der Waals surface area contributed by atoms with Gasteiger partial charge in [-0.25, -0.2) is 9.36 Å². The average molecular weight is 460 g/mol. The molecular formula is C26H22ClN3O3. The van der Waals surface area contributed by atoms with E-state index in [9.17, 15) is 9.59 Å². The lowest BCUT2D eigenvalue weighted by molar-refractivity contribution is 0.415. The Bertz CT molecular complexity index is 1640. The number of aromatic nitrogens is 3. The number of fused-ring (bicyclic) bond motifs is 3. The Morgan fingerprint density at radius 1 is 0.939 bits per heavy atom. The summed E-state index contributed by atoms with van der Waals surface area (Å²) in [5.41, 5.74) is 3.45. The van der Waals surface area contributed by atoms with E-state index >= 15 is 0 Å². The maximum absolute atomic E-state index is 13.9. The van der Waals surface area contributed by atoms with Gasteiger partial charge in [-0.15, -0.1) is 0 Å². The Morgan fingerprint density at radius 2 is 1.67 bits per heavy atom. The van der Waals surface area contributed by atoms with E-state index in [1.807, 2.05) is 67.1 Å². The first-order valence-electron chi connectivity index (χ1n) is 10.5. The van der Waals surface area contributed by atoms with Crippen LogP contribution in [0.25, 0.3) is 27.6 Å². The lowest BCUT2D eigenvalue weighted by Gasteiger charge is -2.15. The van der Waals surface area contributed by atoms with Crippen LogP contribution in [0.1, 0.15) is 11.1 Å². The molecular weight excluding hydrogens is 438 g/mol. The van der Waals surface area contributed by atoms with Gasteiger partial charge in [0, 0.05) is 17.5 Å². The highest BCUT2D eigenvalue weighted by Crippen LogP contribution is 2.29. The summed E-state index contributed by atoms with van der Waals surface area (Å²) in [6, 6.07) is 20.4. The summed E-state index contributed by atoms with van der Waals surface area (Å²) >= 11 is 6.07. The Kier molecular flexibility index (Phi) is 5.10. The zero-order chi connectivity index (χ0) is 23.3. The van der Waals surface area contributed by atoms with Crippen molar-refractivity contribution >= 4 is 33.5 Å². The number of halogens is 1. The zero-order valence-electron chi connectivity index (χ0n) is 18.5. The van der Waals surface area contributed by atoms with Crippen molar-refractivity contribution < 1.29 is 4.74 Å². The number of para-hydroxylation sites is 1. The highest BCUT2D eigenvalue weighted by molar-refractivity contribution is 6.30. The van der Waals surface area contributed by atoms with Crippen LogP contribution in [0, 0.1) is 6.92 Å². The molecule has 0 amide bonds. The van der Waals surface area contributed by atoms with Crippen LogP contribution in [0.2, 0.25) is 5.02 Å². The molecule has 33 heavy (non-hydrogen) atoms. The number of aryl methyl sites for hydroxylation is 2. The molecule has 0 aliphatic rings. The number of benzene rings is 3. The quantitative estimate of drug-likeness (QED) is 0.392. The van der Waals surface area contributed by atoms with Crippen molar-refractivity contribution in [3.8, 4) is 11.4 Å². The van der Waals surface area contributed by atoms with Crippen molar-refractivity contribution in [2.45, 2.75) is 13.5 Å². The van der Waals surface area contributed by atoms with Gasteiger partial charge in [0.2, 0.25) is 0 Å². The monoisotopic (exact) mass is 459 g/mol. The lowest BCUT2D eigenvalue weighted by Crippen LogP contribution is -2.39. The van der Waals surface area contributed by atoms with Crippen molar-refractivity contribution in [3.63, 3.8) is 0 Å². The highest BCUT2D eigenvalue weighted by Gasteiger charge is 2.22. The smallest absolute Gasteiger partial charge is 0.336 e. The minimum Gasteiger partial charge on any atom is -0.497 e. The second-order valence-electron chi connectivity index (χ2n) is 8.06. The van der Waals surface area contributed by atoms with Crippen molar-refractivity contribution in [3.05, 3.63) is 104 Å². The van der Waals surface area contributed by atoms with Gasteiger partial charge >= 0.3 is 5.69 Å². The summed E-state index contributed by atoms with van der Waals surface area (Å²) in [4.78, 5) is 27.7. The molecule has 0 unspecified atom stereocenters. The van der Waals surface area contributed by atoms with E-state index in [1.54, 1.807) is 29.9 Å². The van der Waals surface area contributed by atoms with Crippen LogP contribution in [-0.4, -0.2) is 20.8 Å². The third-order valence-corrected chi connectivity index (χ3v) is 6.34. The molecule has 0 aliphatic heterocycles. The molecule has 0 saturated carbocycles. The molecule has 166 valence electrons. The Labute approximate surface area is 194 Å². The van der Waals surface area contributed by atoms with Gasteiger partial charge in [0.05, 0.1) is 30.4 Å². The van der Waals surface area contributed by atoms with Gasteiger partial charge in [0.1, 0.15) is 11.3 Å². The van der Waals surface area contributed by atoms with Crippen LogP contribution in [0.3, 0.4) is 0 Å². The number of methoxy groups -OCH3 is 1. The molecule has 2 heterocycles. The topological polar surface area (TPSA) is 58.2 Å². The van der Waals surface area contributed by atoms with E-state index < -0.39 is 5.69 Å². The second-order valence-corrected chi connectivity index (χ2v) is 8.50. The van der Waals surface area contributed by atoms with E-state index in [1.165, 1.54) is 4.57 Å². The minimum absolute atomic E-state index is 0.287. The molecule has 0 saturated heterocycles. The summed E-state index contributed by atoms with van der Waals surface area (Å²) in [5, 5.41) is 1.41. The van der Waals surface area contributed by atoms with Crippen LogP contribution >= 0.6 is 11.6 Å². The number of rotatable bonds is 4. The molecule has 2 aromatic heterocycles. The van der Waals surface area contributed by atoms with E-state index in [4.69, 9.17) is 16.3 Å². The van der Waals surface area contributed by atoms with Crippen LogP contribution in [0.15, 0.2) is 76.3 Å². The van der Waals surface area contributed by atoms with Gasteiger partial charge in [0.15, 0.2) is 0 Å². The first-order chi connectivity index (χ1) is 15.9. The fourth-order valence-corrected chi connectivity index (χ4v) is 4.53. The predicted octanol–water partition coefficient (Wildman–Crippen LogP) is 4.66. The Morgan fingerprint density at radius 3 is 2.36 bits per heavy atom. The van der Waals surface area contributed by atoms with Crippen molar-refractivity contribution in [1.82, 2.24) is 13.7 Å². The molecule has 5 rings (SSSR count). The van der Waals surface area contributed by atoms with E-state index in [0.29, 0.717) is 27.5 Å². The van der Waals surface area contributed by atoms with E-state index in [2.05, 4.69) is 0 Å². The standard InChI is InChI=1S/C26H22ClN3O3/c1-16-6-4-5-7-21(16)30-25(31)24-23(20-14-19(33-3)12-13-22(20)28(24)2)29(26(30)32)15-17-8-10-18(27)11-9-17/h4-14H,15H2,1-3H3. The highest BCUT2D eigenvalue weighted by atomic mass is 35.5. The van der Waals surface area contributed by atoms with Crippen LogP contribution in [0.4, 0.5) is 0 Å². The number of nitrogens with zero attached hydrogens (tertiary/aromatic N) is 3. The largest absolute Gasteiger partial charge is 0.497 e. The molecule has 0 bridgehead atoms. The van der Waals surface area contributed by atoms with Crippen LogP contribution < -0.4 is 16.0 Å². The van der Waals surface area contributed by atoms with Crippen molar-refractivity contribution in [1.29, 1.82) is 0 Å². The zero-order valence-corrected chi connectivity index (χ0v) is 19.3. The molecule has 5 aromatic rings. The molecule has 0 N–H and O–H groups in total. The Balaban J connectivity index is 1.95. The molecule has 0 atom stereocenters. The molecule has 7 heteroatoms. The number of ether oxygens (including phenoxy) is 1. The van der Waals surface area contributed by atoms with Crippen molar-refractivity contribution in [2.24, 2.45) is 7.05 Å². The maximum Gasteiger partial charge on any atom is 0.336 e. The third kappa shape index (κ3) is 3.34. The SMILES string of the molecule is COc1ccc2c(c1)c1c(c(=O)n(-c3ccccc3C)c(=O)n1Cc1ccc(Cl)cc1)n2C. The number of hydrogen-bond donors (Lipinski definition) is 0. The third-order valence-electron chi connectivity index (χ3n) is 6.09. The predicted molar refractivity (Wildman–Crippen MR) is 132 cm³/mol. The van der Waals surface area contributed by atoms with Gasteiger partial charge in [-0.3, -0.25) is 9.36 Å². The summed E-state index contributed by atoms with van der Waals surface area (Å²) in [6.07, 6.45) is 0. The summed E-state index contributed by atoms with van der Waals surface area (Å²) in [6.45, 7) is 2.18. The summed E-state index contributed by atoms with van der Waals surface area (Å²) < 4.78 is 10.2. The van der Waals surface area contributed by atoms with E-state index in [-0.39, 0.29) is 12.1 Å². The molecule has 0 fully saturated rings. The van der Waals surface area contributed by atoms with Crippen LogP contribution in [0.5, 0.6) is 5.75 Å². The van der Waals surface area contributed by atoms with Crippen molar-refractivity contribution in [2.75, 3.05) is 7.11 Å². The molecule has 0 spiro atoms. The van der Waals surface area contributed by atoms with E-state index in [0.717, 1.165) is 22.0 Å². The number of hydrogen-bond acceptors (Lipinski definition) is 3. The molecule has 0 aliphatic carbocycles. The van der Waals surface area contributed by atoms with Crippen LogP contribution in [-0.2, 0) is 13.6 Å². The maximum atomic E-state index is 13.9.